The summed E-state index contributed by atoms with van der Waals surface area (Å²) >= 11 is 0. The van der Waals surface area contributed by atoms with Crippen molar-refractivity contribution in [2.75, 3.05) is 12.4 Å². The molecule has 1 fully saturated rings. The van der Waals surface area contributed by atoms with Crippen molar-refractivity contribution < 1.29 is 9.53 Å². The highest BCUT2D eigenvalue weighted by Crippen LogP contribution is 2.32. The fourth-order valence-electron chi connectivity index (χ4n) is 5.42. The van der Waals surface area contributed by atoms with E-state index in [9.17, 15) is 9.59 Å². The Hall–Kier alpha value is -3.55. The smallest absolute Gasteiger partial charge is 0.329 e. The summed E-state index contributed by atoms with van der Waals surface area (Å²) in [6.45, 7) is 5.26. The zero-order chi connectivity index (χ0) is 24.7. The molecule has 1 aliphatic carbocycles. The first-order valence-electron chi connectivity index (χ1n) is 12.4. The molecular weight excluding hydrogens is 442 g/mol. The Labute approximate surface area is 204 Å². The number of hydrogen-bond acceptors (Lipinski definition) is 4. The standard InChI is InChI=1S/C27H33N5O3/c1-5-31-24-13-11-21(35-4)15-25(24)32(27(31)34)16-18-6-8-19(9-7-18)26(33)29-20-10-12-23-22(14-20)28-17(2)30(23)3/h10-15,18-19H,5-9,16H2,1-4H3,(H,29,33). The lowest BCUT2D eigenvalue weighted by atomic mass is 9.81. The van der Waals surface area contributed by atoms with Crippen LogP contribution in [0, 0.1) is 18.8 Å². The van der Waals surface area contributed by atoms with Crippen LogP contribution in [0.15, 0.2) is 41.2 Å². The average molecular weight is 476 g/mol. The van der Waals surface area contributed by atoms with Crippen LogP contribution in [0.5, 0.6) is 5.75 Å². The van der Waals surface area contributed by atoms with E-state index in [0.29, 0.717) is 19.0 Å². The molecule has 5 rings (SSSR count). The molecule has 0 spiro atoms. The van der Waals surface area contributed by atoms with Gasteiger partial charge in [0.2, 0.25) is 5.91 Å². The second-order valence-corrected chi connectivity index (χ2v) is 9.62. The van der Waals surface area contributed by atoms with Crippen LogP contribution >= 0.6 is 0 Å². The number of carbonyl (C=O) groups excluding carboxylic acids is 1. The number of aryl methyl sites for hydroxylation is 3. The van der Waals surface area contributed by atoms with Crippen LogP contribution in [0.2, 0.25) is 0 Å². The molecular formula is C27H33N5O3. The number of aromatic nitrogens is 4. The lowest BCUT2D eigenvalue weighted by Gasteiger charge is -2.28. The summed E-state index contributed by atoms with van der Waals surface area (Å²) in [6.07, 6.45) is 3.50. The maximum Gasteiger partial charge on any atom is 0.329 e. The minimum atomic E-state index is -0.0128. The van der Waals surface area contributed by atoms with E-state index in [1.807, 2.05) is 71.0 Å². The molecule has 8 nitrogen and oxygen atoms in total. The third kappa shape index (κ3) is 4.22. The molecule has 1 saturated carbocycles. The first kappa shape index (κ1) is 23.2. The first-order chi connectivity index (χ1) is 16.9. The second-order valence-electron chi connectivity index (χ2n) is 9.62. The van der Waals surface area contributed by atoms with Crippen LogP contribution in [0.1, 0.15) is 38.4 Å². The molecule has 2 heterocycles. The number of rotatable bonds is 6. The number of nitrogens with zero attached hydrogens (tertiary/aromatic N) is 4. The van der Waals surface area contributed by atoms with Gasteiger partial charge in [-0.05, 0) is 75.8 Å². The monoisotopic (exact) mass is 475 g/mol. The number of hydrogen-bond donors (Lipinski definition) is 1. The Morgan fingerprint density at radius 1 is 1.06 bits per heavy atom. The zero-order valence-electron chi connectivity index (χ0n) is 20.9. The van der Waals surface area contributed by atoms with Gasteiger partial charge in [-0.2, -0.15) is 0 Å². The Bertz CT molecular complexity index is 1450. The molecule has 1 N–H and O–H groups in total. The number of fused-ring (bicyclic) bond motifs is 2. The van der Waals surface area contributed by atoms with Crippen LogP contribution < -0.4 is 15.7 Å². The van der Waals surface area contributed by atoms with E-state index >= 15 is 0 Å². The molecule has 0 radical (unpaired) electrons. The average Bonchev–Trinajstić information content (AvgIpc) is 3.30. The lowest BCUT2D eigenvalue weighted by Crippen LogP contribution is -2.31. The number of methoxy groups -OCH3 is 1. The van der Waals surface area contributed by atoms with Gasteiger partial charge < -0.3 is 14.6 Å². The van der Waals surface area contributed by atoms with E-state index in [0.717, 1.165) is 65.0 Å². The molecule has 0 aliphatic heterocycles. The predicted octanol–water partition coefficient (Wildman–Crippen LogP) is 4.47. The molecule has 0 atom stereocenters. The highest BCUT2D eigenvalue weighted by molar-refractivity contribution is 5.94. The lowest BCUT2D eigenvalue weighted by molar-refractivity contribution is -0.121. The highest BCUT2D eigenvalue weighted by Gasteiger charge is 2.28. The molecule has 1 amide bonds. The van der Waals surface area contributed by atoms with Crippen molar-refractivity contribution in [2.24, 2.45) is 18.9 Å². The van der Waals surface area contributed by atoms with Crippen molar-refractivity contribution in [3.8, 4) is 5.75 Å². The van der Waals surface area contributed by atoms with Crippen molar-refractivity contribution in [1.82, 2.24) is 18.7 Å². The SMILES string of the molecule is CCn1c(=O)n(CC2CCC(C(=O)Nc3ccc4c(c3)nc(C)n4C)CC2)c2cc(OC)ccc21. The number of imidazole rings is 2. The third-order valence-corrected chi connectivity index (χ3v) is 7.57. The van der Waals surface area contributed by atoms with Gasteiger partial charge in [0.25, 0.3) is 0 Å². The number of carbonyl (C=O) groups is 1. The van der Waals surface area contributed by atoms with Crippen LogP contribution in [-0.2, 0) is 24.9 Å². The Morgan fingerprint density at radius 2 is 1.80 bits per heavy atom. The zero-order valence-corrected chi connectivity index (χ0v) is 20.9. The van der Waals surface area contributed by atoms with Crippen LogP contribution in [0.4, 0.5) is 5.69 Å². The Kier molecular flexibility index (Phi) is 6.13. The number of anilines is 1. The minimum absolute atomic E-state index is 0.0128. The van der Waals surface area contributed by atoms with Gasteiger partial charge in [0, 0.05) is 37.8 Å². The van der Waals surface area contributed by atoms with Gasteiger partial charge in [-0.25, -0.2) is 9.78 Å². The second kappa shape index (κ2) is 9.24. The van der Waals surface area contributed by atoms with E-state index < -0.39 is 0 Å². The predicted molar refractivity (Wildman–Crippen MR) is 138 cm³/mol. The summed E-state index contributed by atoms with van der Waals surface area (Å²) in [4.78, 5) is 30.6. The van der Waals surface area contributed by atoms with Crippen molar-refractivity contribution >= 4 is 33.7 Å². The fourth-order valence-corrected chi connectivity index (χ4v) is 5.42. The molecule has 0 bridgehead atoms. The summed E-state index contributed by atoms with van der Waals surface area (Å²) in [5.41, 5.74) is 4.60. The maximum absolute atomic E-state index is 13.1. The van der Waals surface area contributed by atoms with Gasteiger partial charge in [-0.1, -0.05) is 0 Å². The fraction of sp³-hybridized carbons (Fsp3) is 0.444. The number of ether oxygens (including phenoxy) is 1. The summed E-state index contributed by atoms with van der Waals surface area (Å²) in [6, 6.07) is 11.7. The molecule has 184 valence electrons. The molecule has 35 heavy (non-hydrogen) atoms. The largest absolute Gasteiger partial charge is 0.497 e. The Morgan fingerprint density at radius 3 is 2.51 bits per heavy atom. The quantitative estimate of drug-likeness (QED) is 0.446. The van der Waals surface area contributed by atoms with Gasteiger partial charge in [0.15, 0.2) is 0 Å². The van der Waals surface area contributed by atoms with Crippen molar-refractivity contribution in [3.05, 3.63) is 52.7 Å². The van der Waals surface area contributed by atoms with E-state index in [1.54, 1.807) is 7.11 Å². The molecule has 2 aromatic carbocycles. The van der Waals surface area contributed by atoms with E-state index in [1.165, 1.54) is 0 Å². The summed E-state index contributed by atoms with van der Waals surface area (Å²) in [5, 5.41) is 3.09. The van der Waals surface area contributed by atoms with Gasteiger partial charge in [0.1, 0.15) is 11.6 Å². The van der Waals surface area contributed by atoms with E-state index in [4.69, 9.17) is 4.74 Å². The summed E-state index contributed by atoms with van der Waals surface area (Å²) in [7, 11) is 3.63. The summed E-state index contributed by atoms with van der Waals surface area (Å²) < 4.78 is 11.1. The molecule has 4 aromatic rings. The molecule has 1 aliphatic rings. The normalized spacial score (nSPS) is 18.3. The summed E-state index contributed by atoms with van der Waals surface area (Å²) in [5.74, 6) is 2.12. The number of amides is 1. The van der Waals surface area contributed by atoms with Crippen molar-refractivity contribution in [2.45, 2.75) is 52.6 Å². The molecule has 0 saturated heterocycles. The minimum Gasteiger partial charge on any atom is -0.497 e. The van der Waals surface area contributed by atoms with Crippen LogP contribution in [-0.4, -0.2) is 31.7 Å². The van der Waals surface area contributed by atoms with E-state index in [2.05, 4.69) is 10.3 Å². The van der Waals surface area contributed by atoms with Gasteiger partial charge in [-0.3, -0.25) is 13.9 Å². The van der Waals surface area contributed by atoms with Gasteiger partial charge >= 0.3 is 5.69 Å². The molecule has 8 heteroatoms. The highest BCUT2D eigenvalue weighted by atomic mass is 16.5. The topological polar surface area (TPSA) is 83.1 Å². The van der Waals surface area contributed by atoms with Crippen molar-refractivity contribution in [3.63, 3.8) is 0 Å². The third-order valence-electron chi connectivity index (χ3n) is 7.57. The van der Waals surface area contributed by atoms with Gasteiger partial charge in [-0.15, -0.1) is 0 Å². The Balaban J connectivity index is 1.25. The number of benzene rings is 2. The maximum atomic E-state index is 13.1. The molecule has 2 aromatic heterocycles. The first-order valence-corrected chi connectivity index (χ1v) is 12.4. The van der Waals surface area contributed by atoms with Gasteiger partial charge in [0.05, 0.1) is 29.2 Å². The van der Waals surface area contributed by atoms with Crippen LogP contribution in [0.3, 0.4) is 0 Å². The molecule has 0 unspecified atom stereocenters. The number of nitrogens with one attached hydrogen (secondary N) is 1. The van der Waals surface area contributed by atoms with Crippen LogP contribution in [0.25, 0.3) is 22.1 Å². The van der Waals surface area contributed by atoms with E-state index in [-0.39, 0.29) is 17.5 Å². The van der Waals surface area contributed by atoms with Crippen molar-refractivity contribution in [1.29, 1.82) is 0 Å².